The molecule has 5 N–H and O–H groups in total. The molecule has 1 heterocycles. The molecule has 1 aliphatic carbocycles. The number of nitrogens with two attached hydrogens (primary N) is 2. The van der Waals surface area contributed by atoms with Gasteiger partial charge in [-0.2, -0.15) is 0 Å². The molecule has 1 aromatic rings. The molecule has 0 amide bonds. The van der Waals surface area contributed by atoms with Crippen molar-refractivity contribution in [3.05, 3.63) is 17.0 Å². The van der Waals surface area contributed by atoms with Gasteiger partial charge in [0.2, 0.25) is 10.0 Å². The predicted octanol–water partition coefficient (Wildman–Crippen LogP) is 0.600. The van der Waals surface area contributed by atoms with Crippen molar-refractivity contribution in [1.82, 2.24) is 5.32 Å². The third-order valence-corrected chi connectivity index (χ3v) is 5.63. The second-order valence-electron chi connectivity index (χ2n) is 4.65. The molecule has 0 radical (unpaired) electrons. The van der Waals surface area contributed by atoms with Crippen LogP contribution in [0.15, 0.2) is 21.3 Å². The van der Waals surface area contributed by atoms with Gasteiger partial charge in [0, 0.05) is 11.4 Å². The number of primary sulfonamides is 1. The van der Waals surface area contributed by atoms with E-state index in [9.17, 15) is 8.42 Å². The summed E-state index contributed by atoms with van der Waals surface area (Å²) >= 11 is 1.12. The normalized spacial score (nSPS) is 17.2. The molecule has 0 spiro atoms. The summed E-state index contributed by atoms with van der Waals surface area (Å²) in [6.07, 6.45) is 3.81. The number of nitrogens with zero attached hydrogens (tertiary/aromatic N) is 1. The maximum atomic E-state index is 11.1. The van der Waals surface area contributed by atoms with Gasteiger partial charge < -0.3 is 11.1 Å². The van der Waals surface area contributed by atoms with E-state index < -0.39 is 10.0 Å². The summed E-state index contributed by atoms with van der Waals surface area (Å²) < 4.78 is 22.4. The van der Waals surface area contributed by atoms with Gasteiger partial charge in [-0.1, -0.05) is 6.42 Å². The van der Waals surface area contributed by atoms with Gasteiger partial charge in [-0.05, 0) is 30.9 Å². The van der Waals surface area contributed by atoms with Crippen LogP contribution in [0.2, 0.25) is 0 Å². The Morgan fingerprint density at radius 2 is 2.21 bits per heavy atom. The van der Waals surface area contributed by atoms with Crippen LogP contribution in [-0.4, -0.2) is 20.9 Å². The Balaban J connectivity index is 1.84. The number of thiophene rings is 1. The van der Waals surface area contributed by atoms with Crippen LogP contribution in [0.1, 0.15) is 24.1 Å². The molecule has 0 atom stereocenters. The molecule has 6 nitrogen and oxygen atoms in total. The van der Waals surface area contributed by atoms with Crippen LogP contribution >= 0.6 is 11.3 Å². The van der Waals surface area contributed by atoms with Gasteiger partial charge in [-0.25, -0.2) is 18.5 Å². The highest BCUT2D eigenvalue weighted by Gasteiger charge is 2.16. The summed E-state index contributed by atoms with van der Waals surface area (Å²) in [5, 5.41) is 8.12. The number of guanidine groups is 1. The van der Waals surface area contributed by atoms with Crippen molar-refractivity contribution in [2.24, 2.45) is 21.8 Å². The van der Waals surface area contributed by atoms with Crippen LogP contribution in [0.5, 0.6) is 0 Å². The number of aliphatic imine (C=N–C) groups is 1. The van der Waals surface area contributed by atoms with E-state index in [1.54, 1.807) is 6.07 Å². The van der Waals surface area contributed by atoms with Crippen molar-refractivity contribution in [3.63, 3.8) is 0 Å². The molecule has 0 unspecified atom stereocenters. The second-order valence-corrected chi connectivity index (χ2v) is 7.60. The summed E-state index contributed by atoms with van der Waals surface area (Å²) in [5.41, 5.74) is 5.74. The lowest BCUT2D eigenvalue weighted by molar-refractivity contribution is 0.315. The molecule has 0 saturated heterocycles. The van der Waals surface area contributed by atoms with Crippen molar-refractivity contribution < 1.29 is 8.42 Å². The lowest BCUT2D eigenvalue weighted by Gasteiger charge is -2.25. The largest absolute Gasteiger partial charge is 0.370 e. The van der Waals surface area contributed by atoms with Gasteiger partial charge in [-0.3, -0.25) is 0 Å². The van der Waals surface area contributed by atoms with Crippen molar-refractivity contribution in [3.8, 4) is 0 Å². The highest BCUT2D eigenvalue weighted by atomic mass is 32.2. The van der Waals surface area contributed by atoms with Gasteiger partial charge in [0.25, 0.3) is 0 Å². The average molecular weight is 302 g/mol. The Kier molecular flexibility index (Phi) is 4.43. The van der Waals surface area contributed by atoms with Crippen molar-refractivity contribution in [1.29, 1.82) is 0 Å². The van der Waals surface area contributed by atoms with E-state index in [1.807, 2.05) is 0 Å². The molecular weight excluding hydrogens is 284 g/mol. The smallest absolute Gasteiger partial charge is 0.247 e. The molecule has 2 rings (SSSR count). The molecule has 106 valence electrons. The van der Waals surface area contributed by atoms with Crippen molar-refractivity contribution >= 4 is 27.3 Å². The van der Waals surface area contributed by atoms with E-state index in [0.717, 1.165) is 22.8 Å². The number of rotatable bonds is 5. The molecule has 19 heavy (non-hydrogen) atoms. The third-order valence-electron chi connectivity index (χ3n) is 3.12. The minimum absolute atomic E-state index is 0.152. The zero-order valence-corrected chi connectivity index (χ0v) is 12.1. The van der Waals surface area contributed by atoms with E-state index in [0.29, 0.717) is 18.4 Å². The highest BCUT2D eigenvalue weighted by molar-refractivity contribution is 7.91. The van der Waals surface area contributed by atoms with Gasteiger partial charge in [0.1, 0.15) is 4.21 Å². The molecule has 0 bridgehead atoms. The van der Waals surface area contributed by atoms with Gasteiger partial charge >= 0.3 is 0 Å². The Morgan fingerprint density at radius 1 is 1.47 bits per heavy atom. The van der Waals surface area contributed by atoms with Crippen LogP contribution in [-0.2, 0) is 16.6 Å². The Morgan fingerprint density at radius 3 is 2.74 bits per heavy atom. The summed E-state index contributed by atoms with van der Waals surface area (Å²) in [6.45, 7) is 1.23. The monoisotopic (exact) mass is 302 g/mol. The Bertz CT molecular complexity index is 561. The van der Waals surface area contributed by atoms with Crippen LogP contribution in [0.3, 0.4) is 0 Å². The number of nitrogens with one attached hydrogen (secondary N) is 1. The molecule has 1 aliphatic rings. The molecule has 0 aromatic carbocycles. The van der Waals surface area contributed by atoms with Crippen molar-refractivity contribution in [2.75, 3.05) is 6.54 Å². The summed E-state index contributed by atoms with van der Waals surface area (Å²) in [6, 6.07) is 3.19. The van der Waals surface area contributed by atoms with E-state index in [4.69, 9.17) is 10.9 Å². The highest BCUT2D eigenvalue weighted by Crippen LogP contribution is 2.25. The predicted molar refractivity (Wildman–Crippen MR) is 76.4 cm³/mol. The van der Waals surface area contributed by atoms with E-state index in [1.165, 1.54) is 25.3 Å². The minimum Gasteiger partial charge on any atom is -0.370 e. The van der Waals surface area contributed by atoms with Gasteiger partial charge in [-0.15, -0.1) is 11.3 Å². The average Bonchev–Trinajstić information content (AvgIpc) is 2.72. The molecule has 8 heteroatoms. The molecule has 1 saturated carbocycles. The van der Waals surface area contributed by atoms with E-state index in [-0.39, 0.29) is 4.21 Å². The minimum atomic E-state index is -3.61. The second kappa shape index (κ2) is 5.89. The summed E-state index contributed by atoms with van der Waals surface area (Å²) in [5.74, 6) is 1.11. The first-order valence-corrected chi connectivity index (χ1v) is 8.47. The van der Waals surface area contributed by atoms with Crippen LogP contribution in [0.4, 0.5) is 0 Å². The lowest BCUT2D eigenvalue weighted by Crippen LogP contribution is -2.37. The SMILES string of the molecule is NC(=NCc1ccc(S(N)(=O)=O)s1)NCC1CCC1. The molecule has 1 fully saturated rings. The summed E-state index contributed by atoms with van der Waals surface area (Å²) in [7, 11) is -3.61. The maximum absolute atomic E-state index is 11.1. The zero-order chi connectivity index (χ0) is 13.9. The standard InChI is InChI=1S/C11H18N4O2S2/c12-11(14-6-8-2-1-3-8)15-7-9-4-5-10(18-9)19(13,16)17/h4-5,8H,1-3,6-7H2,(H3,12,14,15)(H2,13,16,17). The van der Waals surface area contributed by atoms with Gasteiger partial charge in [0.15, 0.2) is 5.96 Å². The van der Waals surface area contributed by atoms with E-state index in [2.05, 4.69) is 10.3 Å². The molecule has 0 aliphatic heterocycles. The number of hydrogen-bond donors (Lipinski definition) is 3. The lowest BCUT2D eigenvalue weighted by atomic mass is 9.85. The first kappa shape index (κ1) is 14.3. The Hall–Kier alpha value is -1.12. The third kappa shape index (κ3) is 4.19. The van der Waals surface area contributed by atoms with Crippen molar-refractivity contribution in [2.45, 2.75) is 30.0 Å². The molecule has 1 aromatic heterocycles. The molecular formula is C11H18N4O2S2. The first-order valence-electron chi connectivity index (χ1n) is 6.10. The summed E-state index contributed by atoms with van der Waals surface area (Å²) in [4.78, 5) is 5.00. The number of hydrogen-bond acceptors (Lipinski definition) is 4. The van der Waals surface area contributed by atoms with Crippen LogP contribution < -0.4 is 16.2 Å². The fourth-order valence-corrected chi connectivity index (χ4v) is 3.46. The van der Waals surface area contributed by atoms with Crippen LogP contribution in [0, 0.1) is 5.92 Å². The first-order chi connectivity index (χ1) is 8.95. The maximum Gasteiger partial charge on any atom is 0.247 e. The van der Waals surface area contributed by atoms with Crippen LogP contribution in [0.25, 0.3) is 0 Å². The topological polar surface area (TPSA) is 111 Å². The Labute approximate surface area is 117 Å². The quantitative estimate of drug-likeness (QED) is 0.546. The number of sulfonamides is 1. The fourth-order valence-electron chi connectivity index (χ4n) is 1.76. The zero-order valence-electron chi connectivity index (χ0n) is 10.5. The van der Waals surface area contributed by atoms with E-state index >= 15 is 0 Å². The van der Waals surface area contributed by atoms with Gasteiger partial charge in [0.05, 0.1) is 6.54 Å². The fraction of sp³-hybridized carbons (Fsp3) is 0.545.